The van der Waals surface area contributed by atoms with Gasteiger partial charge in [0.2, 0.25) is 11.8 Å². The highest BCUT2D eigenvalue weighted by Gasteiger charge is 2.29. The van der Waals surface area contributed by atoms with Crippen molar-refractivity contribution in [2.45, 2.75) is 45.3 Å². The molecule has 172 valence electrons. The van der Waals surface area contributed by atoms with E-state index in [2.05, 4.69) is 16.9 Å². The number of aromatic nitrogens is 1. The van der Waals surface area contributed by atoms with Gasteiger partial charge in [-0.05, 0) is 56.6 Å². The van der Waals surface area contributed by atoms with Crippen LogP contribution in [0.2, 0.25) is 5.02 Å². The zero-order chi connectivity index (χ0) is 23.1. The van der Waals surface area contributed by atoms with Crippen molar-refractivity contribution in [2.24, 2.45) is 0 Å². The van der Waals surface area contributed by atoms with Crippen LogP contribution in [0, 0.1) is 6.92 Å². The molecule has 0 radical (unpaired) electrons. The molecule has 2 amide bonds. The first-order chi connectivity index (χ1) is 15.9. The first-order valence-corrected chi connectivity index (χ1v) is 12.4. The topological polar surface area (TPSA) is 62.7 Å². The van der Waals surface area contributed by atoms with E-state index in [1.54, 1.807) is 17.5 Å². The van der Waals surface area contributed by atoms with Gasteiger partial charge in [-0.3, -0.25) is 19.5 Å². The highest BCUT2D eigenvalue weighted by molar-refractivity contribution is 7.19. The van der Waals surface area contributed by atoms with Gasteiger partial charge in [0.15, 0.2) is 0 Å². The third kappa shape index (κ3) is 4.50. The Labute approximate surface area is 202 Å². The molecule has 2 aromatic heterocycles. The summed E-state index contributed by atoms with van der Waals surface area (Å²) in [5.41, 5.74) is 3.80. The van der Waals surface area contributed by atoms with Crippen LogP contribution < -0.4 is 4.74 Å². The van der Waals surface area contributed by atoms with Crippen molar-refractivity contribution < 1.29 is 14.3 Å². The number of thiophene rings is 1. The zero-order valence-corrected chi connectivity index (χ0v) is 20.3. The SMILES string of the molecule is Cc1cc(Cl)cc(-c2ccnc3cc(CN4C(=O)CCC4=O)sc23)c1OC1CCN(C)CC1. The van der Waals surface area contributed by atoms with Crippen molar-refractivity contribution in [3.8, 4) is 16.9 Å². The predicted octanol–water partition coefficient (Wildman–Crippen LogP) is 5.05. The van der Waals surface area contributed by atoms with Gasteiger partial charge in [-0.25, -0.2) is 0 Å². The van der Waals surface area contributed by atoms with Crippen LogP contribution in [0.25, 0.3) is 21.3 Å². The minimum atomic E-state index is -0.107. The monoisotopic (exact) mass is 483 g/mol. The average Bonchev–Trinajstić information content (AvgIpc) is 3.34. The number of ether oxygens (including phenoxy) is 1. The number of carbonyl (C=O) groups is 2. The molecule has 5 rings (SSSR count). The number of piperidine rings is 1. The minimum absolute atomic E-state index is 0.107. The van der Waals surface area contributed by atoms with E-state index in [0.717, 1.165) is 63.5 Å². The maximum atomic E-state index is 12.1. The Hall–Kier alpha value is -2.48. The van der Waals surface area contributed by atoms with Gasteiger partial charge in [0.1, 0.15) is 11.9 Å². The van der Waals surface area contributed by atoms with Gasteiger partial charge >= 0.3 is 0 Å². The maximum Gasteiger partial charge on any atom is 0.230 e. The Morgan fingerprint density at radius 1 is 1.12 bits per heavy atom. The van der Waals surface area contributed by atoms with Crippen molar-refractivity contribution >= 4 is 45.0 Å². The van der Waals surface area contributed by atoms with Gasteiger partial charge in [0, 0.05) is 53.2 Å². The Kier molecular flexibility index (Phi) is 6.12. The van der Waals surface area contributed by atoms with Crippen LogP contribution in [-0.2, 0) is 16.1 Å². The van der Waals surface area contributed by atoms with Crippen LogP contribution in [0.1, 0.15) is 36.1 Å². The Morgan fingerprint density at radius 2 is 1.85 bits per heavy atom. The van der Waals surface area contributed by atoms with Crippen LogP contribution in [0.5, 0.6) is 5.75 Å². The number of hydrogen-bond donors (Lipinski definition) is 0. The van der Waals surface area contributed by atoms with Gasteiger partial charge in [0.25, 0.3) is 0 Å². The summed E-state index contributed by atoms with van der Waals surface area (Å²) in [6.45, 7) is 4.37. The molecule has 3 aromatic rings. The van der Waals surface area contributed by atoms with Crippen LogP contribution in [0.15, 0.2) is 30.5 Å². The van der Waals surface area contributed by atoms with Crippen LogP contribution in [0.4, 0.5) is 0 Å². The van der Waals surface area contributed by atoms with E-state index in [4.69, 9.17) is 16.3 Å². The summed E-state index contributed by atoms with van der Waals surface area (Å²) in [4.78, 5) is 33.3. The lowest BCUT2D eigenvalue weighted by Gasteiger charge is -2.30. The van der Waals surface area contributed by atoms with E-state index >= 15 is 0 Å². The molecule has 0 aliphatic carbocycles. The number of nitrogens with zero attached hydrogens (tertiary/aromatic N) is 3. The zero-order valence-electron chi connectivity index (χ0n) is 18.8. The number of hydrogen-bond acceptors (Lipinski definition) is 6. The molecule has 0 atom stereocenters. The fourth-order valence-electron chi connectivity index (χ4n) is 4.59. The maximum absolute atomic E-state index is 12.1. The highest BCUT2D eigenvalue weighted by atomic mass is 35.5. The lowest BCUT2D eigenvalue weighted by molar-refractivity contribution is -0.138. The Morgan fingerprint density at radius 3 is 2.58 bits per heavy atom. The molecule has 2 aliphatic heterocycles. The summed E-state index contributed by atoms with van der Waals surface area (Å²) in [7, 11) is 2.14. The van der Waals surface area contributed by atoms with Gasteiger partial charge in [-0.15, -0.1) is 11.3 Å². The second-order valence-corrected chi connectivity index (χ2v) is 10.5. The van der Waals surface area contributed by atoms with Crippen molar-refractivity contribution in [1.82, 2.24) is 14.8 Å². The molecule has 0 bridgehead atoms. The first kappa shape index (κ1) is 22.3. The van der Waals surface area contributed by atoms with E-state index in [0.29, 0.717) is 24.4 Å². The highest BCUT2D eigenvalue weighted by Crippen LogP contribution is 2.42. The molecule has 0 saturated carbocycles. The molecule has 2 saturated heterocycles. The van der Waals surface area contributed by atoms with Gasteiger partial charge in [-0.1, -0.05) is 11.6 Å². The van der Waals surface area contributed by atoms with E-state index in [9.17, 15) is 9.59 Å². The normalized spacial score (nSPS) is 18.0. The molecule has 0 N–H and O–H groups in total. The van der Waals surface area contributed by atoms with Crippen LogP contribution >= 0.6 is 22.9 Å². The Balaban J connectivity index is 1.52. The number of carbonyl (C=O) groups excluding carboxylic acids is 2. The third-order valence-corrected chi connectivity index (χ3v) is 7.77. The van der Waals surface area contributed by atoms with Crippen molar-refractivity contribution in [3.05, 3.63) is 45.9 Å². The molecule has 2 fully saturated rings. The number of benzene rings is 1. The number of pyridine rings is 1. The summed E-state index contributed by atoms with van der Waals surface area (Å²) in [6, 6.07) is 7.86. The first-order valence-electron chi connectivity index (χ1n) is 11.3. The molecule has 4 heterocycles. The predicted molar refractivity (Wildman–Crippen MR) is 131 cm³/mol. The van der Waals surface area contributed by atoms with E-state index in [-0.39, 0.29) is 17.9 Å². The van der Waals surface area contributed by atoms with Crippen molar-refractivity contribution in [3.63, 3.8) is 0 Å². The number of amides is 2. The molecule has 0 spiro atoms. The summed E-state index contributed by atoms with van der Waals surface area (Å²) in [5, 5.41) is 0.660. The average molecular weight is 484 g/mol. The Bertz CT molecular complexity index is 1220. The van der Waals surface area contributed by atoms with Crippen molar-refractivity contribution in [1.29, 1.82) is 0 Å². The fraction of sp³-hybridized carbons (Fsp3) is 0.400. The summed E-state index contributed by atoms with van der Waals surface area (Å²) >= 11 is 8.04. The van der Waals surface area contributed by atoms with Gasteiger partial charge < -0.3 is 9.64 Å². The van der Waals surface area contributed by atoms with Gasteiger partial charge in [0.05, 0.1) is 16.8 Å². The standard InChI is InChI=1S/C25H26ClN3O3S/c1-15-11-16(26)12-20(24(15)32-17-6-9-28(2)10-7-17)19-5-8-27-21-13-18(33-25(19)21)14-29-22(30)3-4-23(29)31/h5,8,11-13,17H,3-4,6-7,9-10,14H2,1-2H3. The third-order valence-electron chi connectivity index (χ3n) is 6.41. The van der Waals surface area contributed by atoms with Crippen LogP contribution in [-0.4, -0.2) is 52.8 Å². The molecular weight excluding hydrogens is 458 g/mol. The number of likely N-dealkylation sites (tertiary alicyclic amines) is 2. The lowest BCUT2D eigenvalue weighted by atomic mass is 10.0. The lowest BCUT2D eigenvalue weighted by Crippen LogP contribution is -2.35. The second-order valence-electron chi connectivity index (χ2n) is 8.88. The molecular formula is C25H26ClN3O3S. The number of fused-ring (bicyclic) bond motifs is 1. The molecule has 2 aliphatic rings. The van der Waals surface area contributed by atoms with E-state index in [1.165, 1.54) is 4.90 Å². The molecule has 1 aromatic carbocycles. The summed E-state index contributed by atoms with van der Waals surface area (Å²) in [5.74, 6) is 0.649. The minimum Gasteiger partial charge on any atom is -0.489 e. The smallest absolute Gasteiger partial charge is 0.230 e. The summed E-state index contributed by atoms with van der Waals surface area (Å²) in [6.07, 6.45) is 4.54. The molecule has 33 heavy (non-hydrogen) atoms. The quantitative estimate of drug-likeness (QED) is 0.475. The molecule has 0 unspecified atom stereocenters. The molecule has 6 nitrogen and oxygen atoms in total. The number of imide groups is 1. The number of aryl methyl sites for hydroxylation is 1. The van der Waals surface area contributed by atoms with E-state index in [1.807, 2.05) is 31.2 Å². The van der Waals surface area contributed by atoms with Crippen molar-refractivity contribution in [2.75, 3.05) is 20.1 Å². The molecule has 8 heteroatoms. The van der Waals surface area contributed by atoms with Crippen LogP contribution in [0.3, 0.4) is 0 Å². The van der Waals surface area contributed by atoms with E-state index < -0.39 is 0 Å². The largest absolute Gasteiger partial charge is 0.489 e. The number of rotatable bonds is 5. The fourth-order valence-corrected chi connectivity index (χ4v) is 5.99. The second kappa shape index (κ2) is 9.05. The summed E-state index contributed by atoms with van der Waals surface area (Å²) < 4.78 is 7.57. The number of halogens is 1. The van der Waals surface area contributed by atoms with Gasteiger partial charge in [-0.2, -0.15) is 0 Å².